The summed E-state index contributed by atoms with van der Waals surface area (Å²) >= 11 is 0. The fourth-order valence-corrected chi connectivity index (χ4v) is 9.76. The number of hydrogen-bond donors (Lipinski definition) is 6. The molecule has 1 aliphatic carbocycles. The standard InChI is InChI=1S/C55H103O13P/c1-3-5-7-9-11-13-15-17-19-21-23-24-26-28-30-32-34-36-38-40-42-44-49(57)67-47(46-66-69(63,64)68-55-53(61)51(59)50(58)52(60)54(55)62)45-65-48(56)43-41-39-37-35-33-31-29-27-25-22-20-18-16-14-12-10-8-6-4-2/h15,17,21,23,47,50-55,58-62H,3-14,16,18-20,22,24-46H2,1-2H3,(H,63,64)/b17-15-,23-21-. The Bertz CT molecular complexity index is 1300. The van der Waals surface area contributed by atoms with Gasteiger partial charge in [-0.1, -0.05) is 224 Å². The SMILES string of the molecule is CCCCCCC/C=C\C/C=C\CCCCCCCCCCCC(=O)OC(COC(=O)CCCCCCCCCCCCCCCCCCCCC)COP(=O)(O)OC1C(O)C(O)C(O)C(O)C1O. The highest BCUT2D eigenvalue weighted by atomic mass is 31.2. The number of unbranched alkanes of at least 4 members (excludes halogenated alkanes) is 32. The molecule has 6 unspecified atom stereocenters. The van der Waals surface area contributed by atoms with Gasteiger partial charge in [-0.3, -0.25) is 18.6 Å². The number of carbonyl (C=O) groups is 2. The first-order chi connectivity index (χ1) is 33.4. The van der Waals surface area contributed by atoms with Crippen molar-refractivity contribution in [2.45, 2.75) is 301 Å². The molecule has 0 heterocycles. The third-order valence-corrected chi connectivity index (χ3v) is 14.3. The number of carbonyl (C=O) groups excluding carboxylic acids is 2. The summed E-state index contributed by atoms with van der Waals surface area (Å²) in [5.41, 5.74) is 0. The minimum absolute atomic E-state index is 0.0952. The molecule has 13 nitrogen and oxygen atoms in total. The summed E-state index contributed by atoms with van der Waals surface area (Å²) in [6.45, 7) is 3.34. The summed E-state index contributed by atoms with van der Waals surface area (Å²) in [6, 6.07) is 0. The first-order valence-corrected chi connectivity index (χ1v) is 29.6. The van der Waals surface area contributed by atoms with Crippen LogP contribution in [0.1, 0.15) is 258 Å². The number of rotatable bonds is 48. The summed E-state index contributed by atoms with van der Waals surface area (Å²) in [7, 11) is -5.12. The molecule has 0 aromatic rings. The smallest absolute Gasteiger partial charge is 0.462 e. The molecule has 0 bridgehead atoms. The molecule has 0 aliphatic heterocycles. The number of phosphoric acid groups is 1. The van der Waals surface area contributed by atoms with Gasteiger partial charge >= 0.3 is 19.8 Å². The Morgan fingerprint density at radius 2 is 0.783 bits per heavy atom. The van der Waals surface area contributed by atoms with Gasteiger partial charge in [0.05, 0.1) is 6.61 Å². The van der Waals surface area contributed by atoms with Crippen molar-refractivity contribution in [1.29, 1.82) is 0 Å². The van der Waals surface area contributed by atoms with Gasteiger partial charge in [0.2, 0.25) is 0 Å². The Labute approximate surface area is 419 Å². The van der Waals surface area contributed by atoms with E-state index in [1.54, 1.807) is 0 Å². The van der Waals surface area contributed by atoms with E-state index in [1.165, 1.54) is 161 Å². The second-order valence-corrected chi connectivity index (χ2v) is 21.2. The Morgan fingerprint density at radius 1 is 0.449 bits per heavy atom. The zero-order valence-corrected chi connectivity index (χ0v) is 44.5. The molecule has 0 saturated heterocycles. The summed E-state index contributed by atoms with van der Waals surface area (Å²) in [5, 5.41) is 50.4. The van der Waals surface area contributed by atoms with E-state index in [0.717, 1.165) is 57.8 Å². The summed E-state index contributed by atoms with van der Waals surface area (Å²) < 4.78 is 33.7. The molecule has 0 aromatic heterocycles. The summed E-state index contributed by atoms with van der Waals surface area (Å²) in [4.78, 5) is 35.9. The van der Waals surface area contributed by atoms with Crippen molar-refractivity contribution in [3.63, 3.8) is 0 Å². The van der Waals surface area contributed by atoms with Crippen LogP contribution in [0, 0.1) is 0 Å². The normalized spacial score (nSPS) is 21.0. The molecule has 1 rings (SSSR count). The monoisotopic (exact) mass is 1000 g/mol. The predicted octanol–water partition coefficient (Wildman–Crippen LogP) is 12.7. The number of aliphatic hydroxyl groups is 5. The average molecular weight is 1000 g/mol. The quantitative estimate of drug-likeness (QED) is 0.0145. The van der Waals surface area contributed by atoms with Crippen LogP contribution in [-0.2, 0) is 32.7 Å². The van der Waals surface area contributed by atoms with Gasteiger partial charge in [0.25, 0.3) is 0 Å². The van der Waals surface area contributed by atoms with Crippen LogP contribution in [0.2, 0.25) is 0 Å². The van der Waals surface area contributed by atoms with Gasteiger partial charge in [0.15, 0.2) is 6.10 Å². The second-order valence-electron chi connectivity index (χ2n) is 19.8. The molecule has 1 aliphatic rings. The van der Waals surface area contributed by atoms with Crippen LogP contribution in [0.3, 0.4) is 0 Å². The van der Waals surface area contributed by atoms with Crippen LogP contribution in [0.5, 0.6) is 0 Å². The summed E-state index contributed by atoms with van der Waals surface area (Å²) in [6.07, 6.45) is 39.3. The molecule has 1 fully saturated rings. The van der Waals surface area contributed by atoms with E-state index in [9.17, 15) is 44.6 Å². The highest BCUT2D eigenvalue weighted by Crippen LogP contribution is 2.47. The van der Waals surface area contributed by atoms with Gasteiger partial charge in [-0.05, 0) is 44.9 Å². The van der Waals surface area contributed by atoms with Crippen molar-refractivity contribution < 1.29 is 63.1 Å². The minimum atomic E-state index is -5.12. The van der Waals surface area contributed by atoms with E-state index in [4.69, 9.17) is 18.5 Å². The fourth-order valence-electron chi connectivity index (χ4n) is 8.79. The molecule has 14 heteroatoms. The summed E-state index contributed by atoms with van der Waals surface area (Å²) in [5.74, 6) is -1.09. The molecule has 69 heavy (non-hydrogen) atoms. The maximum absolute atomic E-state index is 12.9. The van der Waals surface area contributed by atoms with E-state index in [0.29, 0.717) is 12.8 Å². The van der Waals surface area contributed by atoms with Crippen LogP contribution in [0.4, 0.5) is 0 Å². The molecule has 0 radical (unpaired) electrons. The van der Waals surface area contributed by atoms with Crippen LogP contribution < -0.4 is 0 Å². The fraction of sp³-hybridized carbons (Fsp3) is 0.891. The Morgan fingerprint density at radius 3 is 1.17 bits per heavy atom. The topological polar surface area (TPSA) is 210 Å². The highest BCUT2D eigenvalue weighted by Gasteiger charge is 2.51. The van der Waals surface area contributed by atoms with Crippen LogP contribution in [0.15, 0.2) is 24.3 Å². The van der Waals surface area contributed by atoms with Gasteiger partial charge in [-0.15, -0.1) is 0 Å². The molecular weight excluding hydrogens is 900 g/mol. The van der Waals surface area contributed by atoms with Crippen molar-refractivity contribution in [3.8, 4) is 0 Å². The van der Waals surface area contributed by atoms with Crippen molar-refractivity contribution in [2.75, 3.05) is 13.2 Å². The van der Waals surface area contributed by atoms with Gasteiger partial charge in [0.1, 0.15) is 43.2 Å². The van der Waals surface area contributed by atoms with E-state index < -0.39 is 75.7 Å². The Hall–Kier alpha value is -1.67. The van der Waals surface area contributed by atoms with E-state index in [-0.39, 0.29) is 12.8 Å². The maximum atomic E-state index is 12.9. The lowest BCUT2D eigenvalue weighted by molar-refractivity contribution is -0.220. The molecule has 6 atom stereocenters. The van der Waals surface area contributed by atoms with Gasteiger partial charge in [-0.25, -0.2) is 4.57 Å². The lowest BCUT2D eigenvalue weighted by atomic mass is 9.85. The van der Waals surface area contributed by atoms with E-state index in [1.807, 2.05) is 0 Å². The van der Waals surface area contributed by atoms with Crippen LogP contribution in [-0.4, -0.2) is 98.3 Å². The lowest BCUT2D eigenvalue weighted by Crippen LogP contribution is -2.64. The largest absolute Gasteiger partial charge is 0.472 e. The molecular formula is C55H103O13P. The third-order valence-electron chi connectivity index (χ3n) is 13.3. The van der Waals surface area contributed by atoms with Crippen molar-refractivity contribution in [3.05, 3.63) is 24.3 Å². The maximum Gasteiger partial charge on any atom is 0.472 e. The highest BCUT2D eigenvalue weighted by molar-refractivity contribution is 7.47. The molecule has 406 valence electrons. The zero-order chi connectivity index (χ0) is 50.6. The third kappa shape index (κ3) is 36.8. The van der Waals surface area contributed by atoms with Crippen LogP contribution >= 0.6 is 7.82 Å². The van der Waals surface area contributed by atoms with Crippen LogP contribution in [0.25, 0.3) is 0 Å². The first kappa shape index (κ1) is 65.3. The van der Waals surface area contributed by atoms with Gasteiger partial charge in [0, 0.05) is 12.8 Å². The van der Waals surface area contributed by atoms with E-state index >= 15 is 0 Å². The first-order valence-electron chi connectivity index (χ1n) is 28.1. The van der Waals surface area contributed by atoms with Gasteiger partial charge in [-0.2, -0.15) is 0 Å². The molecule has 0 aromatic carbocycles. The minimum Gasteiger partial charge on any atom is -0.462 e. The van der Waals surface area contributed by atoms with Crippen molar-refractivity contribution >= 4 is 19.8 Å². The van der Waals surface area contributed by atoms with Crippen molar-refractivity contribution in [1.82, 2.24) is 0 Å². The number of hydrogen-bond acceptors (Lipinski definition) is 12. The predicted molar refractivity (Wildman–Crippen MR) is 277 cm³/mol. The number of allylic oxidation sites excluding steroid dienone is 4. The zero-order valence-electron chi connectivity index (χ0n) is 43.6. The number of ether oxygens (including phenoxy) is 2. The molecule has 0 spiro atoms. The molecule has 0 amide bonds. The van der Waals surface area contributed by atoms with Crippen molar-refractivity contribution in [2.24, 2.45) is 0 Å². The number of aliphatic hydroxyl groups excluding tert-OH is 5. The van der Waals surface area contributed by atoms with E-state index in [2.05, 4.69) is 38.2 Å². The molecule has 6 N–H and O–H groups in total. The Kier molecular flexibility index (Phi) is 42.6. The number of phosphoric ester groups is 1. The lowest BCUT2D eigenvalue weighted by Gasteiger charge is -2.41. The Balaban J connectivity index is 2.35. The number of esters is 2. The second kappa shape index (κ2) is 45.0. The average Bonchev–Trinajstić information content (AvgIpc) is 3.33. The van der Waals surface area contributed by atoms with Gasteiger partial charge < -0.3 is 39.9 Å². The molecule has 1 saturated carbocycles.